The molecule has 0 aromatic heterocycles. The van der Waals surface area contributed by atoms with E-state index < -0.39 is 0 Å². The SMILES string of the molecule is C=C1[C@H]2CC[C@@H]3[C@H](CC[C@]4(C)[C@@H]([C@H](C)CCCC(C)C)CC[C@@H]34)[C@@]2(C)CC[C@@H]1O. The van der Waals surface area contributed by atoms with Gasteiger partial charge in [0.05, 0.1) is 6.10 Å². The third-order valence-corrected chi connectivity index (χ3v) is 10.9. The normalized spacial score (nSPS) is 48.2. The smallest absolute Gasteiger partial charge is 0.0750 e. The van der Waals surface area contributed by atoms with Gasteiger partial charge in [-0.1, -0.05) is 60.5 Å². The molecule has 4 aliphatic carbocycles. The molecule has 4 rings (SSSR count). The highest BCUT2D eigenvalue weighted by Gasteiger charge is 2.61. The molecule has 1 nitrogen and oxygen atoms in total. The summed E-state index contributed by atoms with van der Waals surface area (Å²) in [6, 6.07) is 0. The van der Waals surface area contributed by atoms with E-state index >= 15 is 0 Å². The van der Waals surface area contributed by atoms with Crippen LogP contribution in [0.5, 0.6) is 0 Å². The number of rotatable bonds is 5. The van der Waals surface area contributed by atoms with Crippen molar-refractivity contribution in [3.63, 3.8) is 0 Å². The lowest BCUT2D eigenvalue weighted by Gasteiger charge is -2.61. The third kappa shape index (κ3) is 3.56. The first-order valence-electron chi connectivity index (χ1n) is 13.0. The third-order valence-electron chi connectivity index (χ3n) is 10.9. The first kappa shape index (κ1) is 21.9. The summed E-state index contributed by atoms with van der Waals surface area (Å²) < 4.78 is 0. The van der Waals surface area contributed by atoms with Crippen molar-refractivity contribution in [1.29, 1.82) is 0 Å². The van der Waals surface area contributed by atoms with Crippen LogP contribution in [0.2, 0.25) is 0 Å². The highest BCUT2D eigenvalue weighted by atomic mass is 16.3. The molecule has 0 spiro atoms. The number of aliphatic hydroxyl groups is 1. The average Bonchev–Trinajstić information content (AvgIpc) is 3.02. The quantitative estimate of drug-likeness (QED) is 0.470. The van der Waals surface area contributed by atoms with Gasteiger partial charge < -0.3 is 5.11 Å². The van der Waals surface area contributed by atoms with Gasteiger partial charge in [0.2, 0.25) is 0 Å². The summed E-state index contributed by atoms with van der Waals surface area (Å²) >= 11 is 0. The minimum atomic E-state index is -0.235. The van der Waals surface area contributed by atoms with Crippen molar-refractivity contribution in [3.8, 4) is 0 Å². The Morgan fingerprint density at radius 3 is 2.31 bits per heavy atom. The first-order chi connectivity index (χ1) is 13.7. The Morgan fingerprint density at radius 2 is 1.59 bits per heavy atom. The van der Waals surface area contributed by atoms with Gasteiger partial charge in [-0.3, -0.25) is 0 Å². The zero-order chi connectivity index (χ0) is 21.0. The highest BCUT2D eigenvalue weighted by molar-refractivity contribution is 5.20. The molecule has 0 aromatic carbocycles. The summed E-state index contributed by atoms with van der Waals surface area (Å²) in [6.07, 6.45) is 14.7. The fraction of sp³-hybridized carbons (Fsp3) is 0.929. The zero-order valence-electron chi connectivity index (χ0n) is 20.1. The molecule has 0 heterocycles. The van der Waals surface area contributed by atoms with Crippen LogP contribution in [0, 0.1) is 52.3 Å². The molecule has 9 atom stereocenters. The summed E-state index contributed by atoms with van der Waals surface area (Å²) in [6.45, 7) is 17.0. The summed E-state index contributed by atoms with van der Waals surface area (Å²) in [5.41, 5.74) is 2.17. The molecule has 0 aliphatic heterocycles. The van der Waals surface area contributed by atoms with Crippen molar-refractivity contribution in [2.75, 3.05) is 0 Å². The van der Waals surface area contributed by atoms with E-state index in [0.717, 1.165) is 41.9 Å². The summed E-state index contributed by atoms with van der Waals surface area (Å²) in [5, 5.41) is 10.4. The number of hydrogen-bond donors (Lipinski definition) is 1. The van der Waals surface area contributed by atoms with Gasteiger partial charge in [0, 0.05) is 0 Å². The molecule has 0 saturated heterocycles. The van der Waals surface area contributed by atoms with Crippen molar-refractivity contribution < 1.29 is 5.11 Å². The lowest BCUT2D eigenvalue weighted by Crippen LogP contribution is -2.54. The summed E-state index contributed by atoms with van der Waals surface area (Å²) in [7, 11) is 0. The minimum Gasteiger partial charge on any atom is -0.389 e. The van der Waals surface area contributed by atoms with Crippen molar-refractivity contribution in [2.24, 2.45) is 52.3 Å². The van der Waals surface area contributed by atoms with Gasteiger partial charge in [0.25, 0.3) is 0 Å². The summed E-state index contributed by atoms with van der Waals surface area (Å²) in [5.74, 6) is 6.04. The second kappa shape index (κ2) is 7.99. The first-order valence-corrected chi connectivity index (χ1v) is 13.0. The molecule has 0 amide bonds. The average molecular weight is 401 g/mol. The fourth-order valence-electron chi connectivity index (χ4n) is 9.31. The Bertz CT molecular complexity index is 607. The number of aliphatic hydroxyl groups excluding tert-OH is 1. The van der Waals surface area contributed by atoms with Crippen molar-refractivity contribution in [3.05, 3.63) is 12.2 Å². The van der Waals surface area contributed by atoms with Gasteiger partial charge in [-0.15, -0.1) is 0 Å². The van der Waals surface area contributed by atoms with E-state index in [1.54, 1.807) is 0 Å². The Kier molecular flexibility index (Phi) is 6.04. The van der Waals surface area contributed by atoms with Crippen LogP contribution in [0.25, 0.3) is 0 Å². The van der Waals surface area contributed by atoms with Crippen molar-refractivity contribution >= 4 is 0 Å². The fourth-order valence-corrected chi connectivity index (χ4v) is 9.31. The minimum absolute atomic E-state index is 0.235. The molecular formula is C28H48O. The number of fused-ring (bicyclic) bond motifs is 5. The highest BCUT2D eigenvalue weighted by Crippen LogP contribution is 2.68. The van der Waals surface area contributed by atoms with Crippen LogP contribution in [0.4, 0.5) is 0 Å². The molecule has 29 heavy (non-hydrogen) atoms. The van der Waals surface area contributed by atoms with Gasteiger partial charge in [0.1, 0.15) is 0 Å². The maximum Gasteiger partial charge on any atom is 0.0750 e. The van der Waals surface area contributed by atoms with Crippen LogP contribution in [0.3, 0.4) is 0 Å². The van der Waals surface area contributed by atoms with Crippen LogP contribution in [0.1, 0.15) is 105 Å². The van der Waals surface area contributed by atoms with Crippen molar-refractivity contribution in [2.45, 2.75) is 111 Å². The maximum absolute atomic E-state index is 10.4. The van der Waals surface area contributed by atoms with Gasteiger partial charge in [-0.25, -0.2) is 0 Å². The zero-order valence-corrected chi connectivity index (χ0v) is 20.1. The predicted molar refractivity (Wildman–Crippen MR) is 124 cm³/mol. The molecular weight excluding hydrogens is 352 g/mol. The van der Waals surface area contributed by atoms with E-state index in [0.29, 0.717) is 16.7 Å². The molecule has 4 saturated carbocycles. The van der Waals surface area contributed by atoms with Gasteiger partial charge in [0.15, 0.2) is 0 Å². The Morgan fingerprint density at radius 1 is 0.897 bits per heavy atom. The van der Waals surface area contributed by atoms with Gasteiger partial charge in [-0.2, -0.15) is 0 Å². The van der Waals surface area contributed by atoms with Crippen LogP contribution in [-0.2, 0) is 0 Å². The second-order valence-electron chi connectivity index (χ2n) is 12.7. The van der Waals surface area contributed by atoms with E-state index in [1.807, 2.05) is 0 Å². The predicted octanol–water partition coefficient (Wildman–Crippen LogP) is 7.63. The molecule has 4 fully saturated rings. The molecule has 4 aliphatic rings. The van der Waals surface area contributed by atoms with Gasteiger partial charge >= 0.3 is 0 Å². The van der Waals surface area contributed by atoms with E-state index in [9.17, 15) is 5.11 Å². The molecule has 0 aromatic rings. The topological polar surface area (TPSA) is 20.2 Å². The van der Waals surface area contributed by atoms with Crippen LogP contribution in [-0.4, -0.2) is 11.2 Å². The van der Waals surface area contributed by atoms with Gasteiger partial charge in [-0.05, 0) is 109 Å². The van der Waals surface area contributed by atoms with Crippen LogP contribution in [0.15, 0.2) is 12.2 Å². The molecule has 166 valence electrons. The Hall–Kier alpha value is -0.300. The molecule has 0 unspecified atom stereocenters. The Balaban J connectivity index is 1.48. The Labute approximate surface area is 181 Å². The second-order valence-corrected chi connectivity index (χ2v) is 12.7. The maximum atomic E-state index is 10.4. The largest absolute Gasteiger partial charge is 0.389 e. The van der Waals surface area contributed by atoms with Crippen LogP contribution >= 0.6 is 0 Å². The summed E-state index contributed by atoms with van der Waals surface area (Å²) in [4.78, 5) is 0. The van der Waals surface area contributed by atoms with E-state index in [-0.39, 0.29) is 6.10 Å². The monoisotopic (exact) mass is 400 g/mol. The molecule has 1 heteroatoms. The lowest BCUT2D eigenvalue weighted by atomic mass is 9.44. The number of hydrogen-bond acceptors (Lipinski definition) is 1. The van der Waals surface area contributed by atoms with E-state index in [2.05, 4.69) is 41.2 Å². The molecule has 1 N–H and O–H groups in total. The van der Waals surface area contributed by atoms with E-state index in [4.69, 9.17) is 0 Å². The van der Waals surface area contributed by atoms with Crippen molar-refractivity contribution in [1.82, 2.24) is 0 Å². The van der Waals surface area contributed by atoms with Crippen LogP contribution < -0.4 is 0 Å². The standard InChI is InChI=1S/C28H48O/c1-18(2)8-7-9-19(3)22-12-13-24-21-10-11-23-20(4)26(29)15-17-28(23,6)25(21)14-16-27(22,24)5/h18-19,21-26,29H,4,7-17H2,1-3,5-6H3/t19-,21+,22-,23-,24+,25+,26+,27-,28+/m1/s1. The lowest BCUT2D eigenvalue weighted by molar-refractivity contribution is -0.111. The molecule has 0 bridgehead atoms. The molecule has 0 radical (unpaired) electrons. The van der Waals surface area contributed by atoms with E-state index in [1.165, 1.54) is 69.8 Å².